The second-order valence-corrected chi connectivity index (χ2v) is 1.79. The van der Waals surface area contributed by atoms with Crippen molar-refractivity contribution in [1.82, 2.24) is 0 Å². The molecule has 0 spiro atoms. The van der Waals surface area contributed by atoms with E-state index in [0.717, 1.165) is 0 Å². The summed E-state index contributed by atoms with van der Waals surface area (Å²) < 4.78 is 4.83. The summed E-state index contributed by atoms with van der Waals surface area (Å²) in [5, 5.41) is 11.3. The minimum absolute atomic E-state index is 0.114. The quantitative estimate of drug-likeness (QED) is 0.332. The van der Waals surface area contributed by atoms with Crippen LogP contribution in [0.15, 0.2) is 17.8 Å². The van der Waals surface area contributed by atoms with Gasteiger partial charge in [-0.2, -0.15) is 4.91 Å². The first kappa shape index (κ1) is 9.26. The van der Waals surface area contributed by atoms with Crippen molar-refractivity contribution in [2.75, 3.05) is 19.8 Å². The van der Waals surface area contributed by atoms with E-state index < -0.39 is 6.10 Å². The lowest BCUT2D eigenvalue weighted by Gasteiger charge is -2.04. The molecule has 4 heteroatoms. The molecule has 0 aliphatic heterocycles. The molecule has 1 N–H and O–H groups in total. The highest BCUT2D eigenvalue weighted by atomic mass is 16.5. The molecule has 1 unspecified atom stereocenters. The molecular formula is C6H11NO3. The van der Waals surface area contributed by atoms with Crippen LogP contribution in [-0.2, 0) is 4.74 Å². The Labute approximate surface area is 59.5 Å². The summed E-state index contributed by atoms with van der Waals surface area (Å²) in [6, 6.07) is 0. The Balaban J connectivity index is 3.11. The first-order valence-corrected chi connectivity index (χ1v) is 2.97. The van der Waals surface area contributed by atoms with Gasteiger partial charge in [0.2, 0.25) is 0 Å². The summed E-state index contributed by atoms with van der Waals surface area (Å²) in [5.74, 6) is 0. The number of aliphatic hydroxyl groups is 1. The van der Waals surface area contributed by atoms with Crippen LogP contribution in [0.25, 0.3) is 0 Å². The van der Waals surface area contributed by atoms with Crippen molar-refractivity contribution in [3.8, 4) is 0 Å². The van der Waals surface area contributed by atoms with Crippen LogP contribution in [0, 0.1) is 4.91 Å². The van der Waals surface area contributed by atoms with Gasteiger partial charge in [-0.25, -0.2) is 0 Å². The van der Waals surface area contributed by atoms with E-state index in [1.807, 2.05) is 0 Å². The Morgan fingerprint density at radius 2 is 2.50 bits per heavy atom. The van der Waals surface area contributed by atoms with Gasteiger partial charge in [0.15, 0.2) is 0 Å². The largest absolute Gasteiger partial charge is 0.389 e. The summed E-state index contributed by atoms with van der Waals surface area (Å²) in [6.07, 6.45) is 0.790. The molecule has 10 heavy (non-hydrogen) atoms. The van der Waals surface area contributed by atoms with Gasteiger partial charge in [-0.1, -0.05) is 11.3 Å². The number of hydrogen-bond acceptors (Lipinski definition) is 4. The number of hydrogen-bond donors (Lipinski definition) is 1. The van der Waals surface area contributed by atoms with Crippen molar-refractivity contribution < 1.29 is 9.84 Å². The van der Waals surface area contributed by atoms with E-state index in [0.29, 0.717) is 6.61 Å². The highest BCUT2D eigenvalue weighted by molar-refractivity contribution is 4.65. The fraction of sp³-hybridized carbons (Fsp3) is 0.667. The van der Waals surface area contributed by atoms with Gasteiger partial charge in [0, 0.05) is 0 Å². The maximum absolute atomic E-state index is 9.56. The molecule has 4 nitrogen and oxygen atoms in total. The molecule has 0 amide bonds. The van der Waals surface area contributed by atoms with Crippen LogP contribution in [0.3, 0.4) is 0 Å². The lowest BCUT2D eigenvalue weighted by molar-refractivity contribution is 0.0545. The molecule has 0 saturated carbocycles. The van der Waals surface area contributed by atoms with Crippen molar-refractivity contribution in [3.05, 3.63) is 17.6 Å². The van der Waals surface area contributed by atoms with E-state index in [2.05, 4.69) is 11.8 Å². The van der Waals surface area contributed by atoms with E-state index in [9.17, 15) is 4.91 Å². The van der Waals surface area contributed by atoms with Crippen LogP contribution < -0.4 is 0 Å². The van der Waals surface area contributed by atoms with Crippen LogP contribution in [0.2, 0.25) is 0 Å². The zero-order valence-corrected chi connectivity index (χ0v) is 5.69. The smallest absolute Gasteiger partial charge is 0.109 e. The Morgan fingerprint density at radius 1 is 1.80 bits per heavy atom. The predicted molar refractivity (Wildman–Crippen MR) is 37.7 cm³/mol. The Kier molecular flexibility index (Phi) is 5.91. The molecule has 0 aromatic heterocycles. The molecule has 0 fully saturated rings. The van der Waals surface area contributed by atoms with E-state index in [-0.39, 0.29) is 13.2 Å². The minimum atomic E-state index is -0.780. The Bertz CT molecular complexity index is 105. The molecular weight excluding hydrogens is 134 g/mol. The highest BCUT2D eigenvalue weighted by Gasteiger charge is 2.01. The van der Waals surface area contributed by atoms with Gasteiger partial charge < -0.3 is 9.84 Å². The lowest BCUT2D eigenvalue weighted by Crippen LogP contribution is -2.18. The van der Waals surface area contributed by atoms with Crippen molar-refractivity contribution >= 4 is 0 Å². The number of nitrogens with zero attached hydrogens (tertiary/aromatic N) is 1. The average Bonchev–Trinajstić information content (AvgIpc) is 1.89. The third-order valence-electron chi connectivity index (χ3n) is 0.831. The van der Waals surface area contributed by atoms with Gasteiger partial charge in [0.05, 0.1) is 13.2 Å². The van der Waals surface area contributed by atoms with Gasteiger partial charge in [-0.05, 0) is 0 Å². The monoisotopic (exact) mass is 145 g/mol. The fourth-order valence-electron chi connectivity index (χ4n) is 0.426. The standard InChI is InChI=1S/C6H11NO3/c1-2-3-10-5-6(8)4-7-9/h2,6,8H,1,3-5H2. The van der Waals surface area contributed by atoms with E-state index in [4.69, 9.17) is 9.84 Å². The number of nitroso groups, excluding NO2 is 1. The molecule has 0 heterocycles. The van der Waals surface area contributed by atoms with Gasteiger partial charge in [-0.3, -0.25) is 0 Å². The Morgan fingerprint density at radius 3 is 3.00 bits per heavy atom. The first-order chi connectivity index (χ1) is 4.81. The molecule has 0 aliphatic rings. The zero-order chi connectivity index (χ0) is 7.82. The molecule has 0 rings (SSSR count). The SMILES string of the molecule is C=CCOCC(O)CN=O. The Hall–Kier alpha value is -0.740. The summed E-state index contributed by atoms with van der Waals surface area (Å²) in [6.45, 7) is 3.82. The molecule has 1 atom stereocenters. The molecule has 0 bridgehead atoms. The third kappa shape index (κ3) is 5.40. The van der Waals surface area contributed by atoms with Gasteiger partial charge in [0.1, 0.15) is 12.6 Å². The molecule has 58 valence electrons. The van der Waals surface area contributed by atoms with Crippen LogP contribution in [0.4, 0.5) is 0 Å². The summed E-state index contributed by atoms with van der Waals surface area (Å²) in [5.41, 5.74) is 0. The number of aliphatic hydroxyl groups excluding tert-OH is 1. The second-order valence-electron chi connectivity index (χ2n) is 1.79. The second kappa shape index (κ2) is 6.38. The van der Waals surface area contributed by atoms with E-state index in [1.165, 1.54) is 0 Å². The maximum atomic E-state index is 9.56. The molecule has 0 saturated heterocycles. The average molecular weight is 145 g/mol. The first-order valence-electron chi connectivity index (χ1n) is 2.97. The van der Waals surface area contributed by atoms with Crippen LogP contribution >= 0.6 is 0 Å². The van der Waals surface area contributed by atoms with Crippen molar-refractivity contribution in [3.63, 3.8) is 0 Å². The van der Waals surface area contributed by atoms with Crippen LogP contribution in [0.5, 0.6) is 0 Å². The molecule has 0 radical (unpaired) electrons. The normalized spacial score (nSPS) is 12.5. The van der Waals surface area contributed by atoms with Crippen LogP contribution in [0.1, 0.15) is 0 Å². The minimum Gasteiger partial charge on any atom is -0.389 e. The van der Waals surface area contributed by atoms with Gasteiger partial charge in [0.25, 0.3) is 0 Å². The van der Waals surface area contributed by atoms with Gasteiger partial charge >= 0.3 is 0 Å². The molecule has 0 aromatic carbocycles. The predicted octanol–water partition coefficient (Wildman–Crippen LogP) is 0.316. The zero-order valence-electron chi connectivity index (χ0n) is 5.69. The summed E-state index contributed by atoms with van der Waals surface area (Å²) in [7, 11) is 0. The molecule has 0 aromatic rings. The van der Waals surface area contributed by atoms with Gasteiger partial charge in [-0.15, -0.1) is 6.58 Å². The number of rotatable bonds is 6. The summed E-state index contributed by atoms with van der Waals surface area (Å²) >= 11 is 0. The topological polar surface area (TPSA) is 58.9 Å². The van der Waals surface area contributed by atoms with Crippen molar-refractivity contribution in [2.45, 2.75) is 6.10 Å². The maximum Gasteiger partial charge on any atom is 0.109 e. The van der Waals surface area contributed by atoms with Crippen LogP contribution in [-0.4, -0.2) is 31.0 Å². The summed E-state index contributed by atoms with van der Waals surface area (Å²) in [4.78, 5) is 9.56. The number of ether oxygens (including phenoxy) is 1. The van der Waals surface area contributed by atoms with E-state index >= 15 is 0 Å². The fourth-order valence-corrected chi connectivity index (χ4v) is 0.426. The third-order valence-corrected chi connectivity index (χ3v) is 0.831. The lowest BCUT2D eigenvalue weighted by atomic mass is 10.4. The molecule has 0 aliphatic carbocycles. The highest BCUT2D eigenvalue weighted by Crippen LogP contribution is 1.85. The van der Waals surface area contributed by atoms with E-state index in [1.54, 1.807) is 6.08 Å². The van der Waals surface area contributed by atoms with Crippen molar-refractivity contribution in [1.29, 1.82) is 0 Å². The van der Waals surface area contributed by atoms with Crippen molar-refractivity contribution in [2.24, 2.45) is 5.18 Å².